The first kappa shape index (κ1) is 12.0. The molecule has 1 aliphatic rings. The van der Waals surface area contributed by atoms with Crippen molar-refractivity contribution >= 4 is 23.9 Å². The molecule has 1 rings (SSSR count). The Kier molecular flexibility index (Phi) is 2.38. The molecular formula is C8H4O8-4. The van der Waals surface area contributed by atoms with E-state index >= 15 is 0 Å². The number of carbonyl (C=O) groups is 4. The van der Waals surface area contributed by atoms with Crippen LogP contribution in [-0.2, 0) is 19.2 Å². The quantitative estimate of drug-likeness (QED) is 0.429. The van der Waals surface area contributed by atoms with Crippen LogP contribution in [0.25, 0.3) is 0 Å². The van der Waals surface area contributed by atoms with E-state index in [1.54, 1.807) is 0 Å². The van der Waals surface area contributed by atoms with E-state index in [9.17, 15) is 39.6 Å². The summed E-state index contributed by atoms with van der Waals surface area (Å²) in [5.41, 5.74) is -6.27. The number of aliphatic carboxylic acids is 4. The molecule has 0 saturated heterocycles. The molecule has 1 aliphatic carbocycles. The molecule has 0 aromatic heterocycles. The molecule has 0 unspecified atom stereocenters. The van der Waals surface area contributed by atoms with Crippen molar-refractivity contribution in [2.75, 3.05) is 0 Å². The minimum atomic E-state index is -3.13. The van der Waals surface area contributed by atoms with Crippen molar-refractivity contribution in [1.29, 1.82) is 0 Å². The molecule has 0 aliphatic heterocycles. The molecule has 8 nitrogen and oxygen atoms in total. The molecule has 0 aromatic carbocycles. The van der Waals surface area contributed by atoms with Gasteiger partial charge in [0.2, 0.25) is 0 Å². The lowest BCUT2D eigenvalue weighted by atomic mass is 9.49. The summed E-state index contributed by atoms with van der Waals surface area (Å²) in [6, 6.07) is 0. The van der Waals surface area contributed by atoms with Crippen LogP contribution < -0.4 is 20.4 Å². The summed E-state index contributed by atoms with van der Waals surface area (Å²) < 4.78 is 0. The van der Waals surface area contributed by atoms with Gasteiger partial charge in [-0.2, -0.15) is 0 Å². The van der Waals surface area contributed by atoms with Crippen LogP contribution in [0.3, 0.4) is 0 Å². The molecule has 0 spiro atoms. The third-order valence-corrected chi connectivity index (χ3v) is 3.00. The zero-order chi connectivity index (χ0) is 12.7. The third-order valence-electron chi connectivity index (χ3n) is 3.00. The SMILES string of the molecule is O=C([O-])C1(C(=O)[O-])CCC1(C(=O)[O-])C(=O)[O-]. The van der Waals surface area contributed by atoms with Crippen molar-refractivity contribution in [3.63, 3.8) is 0 Å². The molecule has 16 heavy (non-hydrogen) atoms. The fourth-order valence-corrected chi connectivity index (χ4v) is 1.90. The summed E-state index contributed by atoms with van der Waals surface area (Å²) in [5.74, 6) is -9.36. The highest BCUT2D eigenvalue weighted by Gasteiger charge is 2.63. The Balaban J connectivity index is 3.44. The van der Waals surface area contributed by atoms with E-state index in [1.165, 1.54) is 0 Å². The summed E-state index contributed by atoms with van der Waals surface area (Å²) in [7, 11) is 0. The van der Waals surface area contributed by atoms with Crippen LogP contribution in [-0.4, -0.2) is 23.9 Å². The molecule has 0 radical (unpaired) electrons. The van der Waals surface area contributed by atoms with Crippen molar-refractivity contribution < 1.29 is 39.6 Å². The Morgan fingerprint density at radius 2 is 0.812 bits per heavy atom. The highest BCUT2D eigenvalue weighted by Crippen LogP contribution is 2.56. The van der Waals surface area contributed by atoms with Crippen molar-refractivity contribution in [1.82, 2.24) is 0 Å². The molecule has 0 heterocycles. The molecule has 0 aromatic rings. The van der Waals surface area contributed by atoms with Crippen LogP contribution >= 0.6 is 0 Å². The highest BCUT2D eigenvalue weighted by atomic mass is 16.4. The van der Waals surface area contributed by atoms with Gasteiger partial charge in [-0.1, -0.05) is 0 Å². The van der Waals surface area contributed by atoms with Gasteiger partial charge in [0, 0.05) is 0 Å². The van der Waals surface area contributed by atoms with Crippen LogP contribution in [0.5, 0.6) is 0 Å². The van der Waals surface area contributed by atoms with Crippen molar-refractivity contribution in [2.24, 2.45) is 10.8 Å². The number of carbonyl (C=O) groups excluding carboxylic acids is 4. The minimum absolute atomic E-state index is 0.723. The molecule has 1 saturated carbocycles. The van der Waals surface area contributed by atoms with E-state index in [1.807, 2.05) is 0 Å². The average molecular weight is 228 g/mol. The number of carboxylic acids is 4. The summed E-state index contributed by atoms with van der Waals surface area (Å²) in [4.78, 5) is 42.6. The first-order chi connectivity index (χ1) is 7.23. The van der Waals surface area contributed by atoms with Gasteiger partial charge < -0.3 is 39.6 Å². The minimum Gasteiger partial charge on any atom is -0.549 e. The van der Waals surface area contributed by atoms with E-state index in [2.05, 4.69) is 0 Å². The summed E-state index contributed by atoms with van der Waals surface area (Å²) in [6.45, 7) is 0. The van der Waals surface area contributed by atoms with Crippen LogP contribution in [0.2, 0.25) is 0 Å². The smallest absolute Gasteiger partial charge is 0.0655 e. The van der Waals surface area contributed by atoms with Gasteiger partial charge in [0.05, 0.1) is 34.7 Å². The number of hydrogen-bond donors (Lipinski definition) is 0. The van der Waals surface area contributed by atoms with Gasteiger partial charge in [-0.15, -0.1) is 0 Å². The second-order valence-corrected chi connectivity index (χ2v) is 3.46. The molecule has 0 atom stereocenters. The van der Waals surface area contributed by atoms with Crippen LogP contribution in [0.1, 0.15) is 12.8 Å². The fourth-order valence-electron chi connectivity index (χ4n) is 1.90. The lowest BCUT2D eigenvalue weighted by molar-refractivity contribution is -0.389. The Hall–Kier alpha value is -2.12. The highest BCUT2D eigenvalue weighted by molar-refractivity contribution is 6.13. The van der Waals surface area contributed by atoms with E-state index < -0.39 is 47.5 Å². The Bertz CT molecular complexity index is 329. The monoisotopic (exact) mass is 228 g/mol. The van der Waals surface area contributed by atoms with Crippen LogP contribution in [0.15, 0.2) is 0 Å². The zero-order valence-electron chi connectivity index (χ0n) is 7.68. The predicted octanol–water partition coefficient (Wildman–Crippen LogP) is -6.25. The van der Waals surface area contributed by atoms with Crippen LogP contribution in [0.4, 0.5) is 0 Å². The molecule has 1 fully saturated rings. The number of carboxylic acid groups (broad SMARTS) is 4. The molecule has 0 bridgehead atoms. The molecular weight excluding hydrogens is 224 g/mol. The largest absolute Gasteiger partial charge is 0.549 e. The van der Waals surface area contributed by atoms with E-state index in [0.29, 0.717) is 0 Å². The standard InChI is InChI=1S/C8H8O8/c9-3(10)7(4(11)12)1-2-8(7,5(13)14)6(15)16/h1-2H2,(H,9,10)(H,11,12)(H,13,14)(H,15,16)/p-4. The Morgan fingerprint density at radius 3 is 0.875 bits per heavy atom. The van der Waals surface area contributed by atoms with Crippen LogP contribution in [0, 0.1) is 10.8 Å². The predicted molar refractivity (Wildman–Crippen MR) is 34.1 cm³/mol. The topological polar surface area (TPSA) is 161 Å². The molecule has 88 valence electrons. The maximum Gasteiger partial charge on any atom is 0.0655 e. The number of rotatable bonds is 4. The zero-order valence-corrected chi connectivity index (χ0v) is 7.68. The maximum absolute atomic E-state index is 10.7. The molecule has 0 N–H and O–H groups in total. The first-order valence-electron chi connectivity index (χ1n) is 4.09. The average Bonchev–Trinajstić information content (AvgIpc) is 1.98. The van der Waals surface area contributed by atoms with Gasteiger partial charge in [-0.3, -0.25) is 0 Å². The van der Waals surface area contributed by atoms with Crippen molar-refractivity contribution in [3.05, 3.63) is 0 Å². The van der Waals surface area contributed by atoms with Gasteiger partial charge in [0.25, 0.3) is 0 Å². The van der Waals surface area contributed by atoms with Crippen molar-refractivity contribution in [3.8, 4) is 0 Å². The maximum atomic E-state index is 10.7. The van der Waals surface area contributed by atoms with Gasteiger partial charge in [0.1, 0.15) is 0 Å². The van der Waals surface area contributed by atoms with Gasteiger partial charge in [0.15, 0.2) is 0 Å². The number of hydrogen-bond acceptors (Lipinski definition) is 8. The lowest BCUT2D eigenvalue weighted by Crippen LogP contribution is -2.77. The van der Waals surface area contributed by atoms with Gasteiger partial charge >= 0.3 is 0 Å². The second kappa shape index (κ2) is 3.19. The first-order valence-corrected chi connectivity index (χ1v) is 4.09. The van der Waals surface area contributed by atoms with E-state index in [0.717, 1.165) is 0 Å². The van der Waals surface area contributed by atoms with E-state index in [-0.39, 0.29) is 0 Å². The van der Waals surface area contributed by atoms with Crippen molar-refractivity contribution in [2.45, 2.75) is 12.8 Å². The molecule has 0 amide bonds. The van der Waals surface area contributed by atoms with E-state index in [4.69, 9.17) is 0 Å². The van der Waals surface area contributed by atoms with Gasteiger partial charge in [-0.25, -0.2) is 0 Å². The lowest BCUT2D eigenvalue weighted by Gasteiger charge is -2.60. The normalized spacial score (nSPS) is 20.5. The molecule has 8 heteroatoms. The Labute approximate surface area is 88.1 Å². The summed E-state index contributed by atoms with van der Waals surface area (Å²) >= 11 is 0. The summed E-state index contributed by atoms with van der Waals surface area (Å²) in [6.07, 6.45) is -1.45. The second-order valence-electron chi connectivity index (χ2n) is 3.46. The summed E-state index contributed by atoms with van der Waals surface area (Å²) in [5, 5.41) is 42.6. The fraction of sp³-hybridized carbons (Fsp3) is 0.500. The third kappa shape index (κ3) is 0.980. The van der Waals surface area contributed by atoms with Gasteiger partial charge in [-0.05, 0) is 12.8 Å². The Morgan fingerprint density at radius 1 is 0.625 bits per heavy atom.